The average Bonchev–Trinajstić information content (AvgIpc) is 3.27. The zero-order chi connectivity index (χ0) is 18.1. The molecule has 4 rings (SSSR count). The molecule has 1 aromatic rings. The molecule has 1 aromatic heterocycles. The van der Waals surface area contributed by atoms with Crippen LogP contribution < -0.4 is 0 Å². The van der Waals surface area contributed by atoms with Gasteiger partial charge in [-0.2, -0.15) is 0 Å². The van der Waals surface area contributed by atoms with Crippen LogP contribution in [0.4, 0.5) is 0 Å². The third-order valence-electron chi connectivity index (χ3n) is 6.15. The second kappa shape index (κ2) is 6.99. The van der Waals surface area contributed by atoms with Crippen molar-refractivity contribution in [2.45, 2.75) is 63.6 Å². The molecule has 140 valence electrons. The van der Waals surface area contributed by atoms with Gasteiger partial charge >= 0.3 is 0 Å². The molecule has 0 aliphatic carbocycles. The standard InChI is InChI=1S/C20H27N3O3/c1-15-4-2-5-16(21-15)14-23-18(24)7-8-20(23)9-11-22(12-10-20)19(25)17-6-3-13-26-17/h2,4-5,17H,3,6-14H2,1H3/t17-/m1/s1. The maximum Gasteiger partial charge on any atom is 0.251 e. The predicted octanol–water partition coefficient (Wildman–Crippen LogP) is 2.05. The van der Waals surface area contributed by atoms with Crippen LogP contribution in [0.1, 0.15) is 49.9 Å². The van der Waals surface area contributed by atoms with Crippen molar-refractivity contribution >= 4 is 11.8 Å². The molecule has 1 atom stereocenters. The van der Waals surface area contributed by atoms with Crippen LogP contribution in [-0.2, 0) is 20.9 Å². The molecule has 0 radical (unpaired) electrons. The molecule has 0 N–H and O–H groups in total. The van der Waals surface area contributed by atoms with Crippen molar-refractivity contribution in [1.29, 1.82) is 0 Å². The van der Waals surface area contributed by atoms with Gasteiger partial charge in [0, 0.05) is 37.4 Å². The molecule has 0 unspecified atom stereocenters. The summed E-state index contributed by atoms with van der Waals surface area (Å²) in [5, 5.41) is 0. The first-order valence-electron chi connectivity index (χ1n) is 9.71. The Morgan fingerprint density at radius 1 is 1.31 bits per heavy atom. The molecule has 3 saturated heterocycles. The Kier molecular flexibility index (Phi) is 4.69. The molecule has 3 aliphatic rings. The van der Waals surface area contributed by atoms with E-state index in [0.717, 1.165) is 43.5 Å². The molecule has 1 spiro atoms. The summed E-state index contributed by atoms with van der Waals surface area (Å²) in [6.07, 6.45) is 4.75. The van der Waals surface area contributed by atoms with Crippen LogP contribution in [0.5, 0.6) is 0 Å². The minimum absolute atomic E-state index is 0.115. The number of aryl methyl sites for hydroxylation is 1. The van der Waals surface area contributed by atoms with Crippen molar-refractivity contribution in [3.8, 4) is 0 Å². The summed E-state index contributed by atoms with van der Waals surface area (Å²) < 4.78 is 5.55. The van der Waals surface area contributed by atoms with E-state index in [0.29, 0.717) is 32.7 Å². The van der Waals surface area contributed by atoms with Crippen molar-refractivity contribution < 1.29 is 14.3 Å². The Labute approximate surface area is 154 Å². The Balaban J connectivity index is 1.44. The zero-order valence-electron chi connectivity index (χ0n) is 15.4. The van der Waals surface area contributed by atoms with Crippen LogP contribution in [0.15, 0.2) is 18.2 Å². The highest BCUT2D eigenvalue weighted by Gasteiger charge is 2.47. The first kappa shape index (κ1) is 17.5. The van der Waals surface area contributed by atoms with Crippen LogP contribution in [0, 0.1) is 6.92 Å². The molecular weight excluding hydrogens is 330 g/mol. The quantitative estimate of drug-likeness (QED) is 0.831. The largest absolute Gasteiger partial charge is 0.368 e. The molecule has 6 heteroatoms. The highest BCUT2D eigenvalue weighted by Crippen LogP contribution is 2.40. The molecular formula is C20H27N3O3. The summed E-state index contributed by atoms with van der Waals surface area (Å²) in [5.74, 6) is 0.348. The topological polar surface area (TPSA) is 62.7 Å². The summed E-state index contributed by atoms with van der Waals surface area (Å²) in [6, 6.07) is 5.95. The number of rotatable bonds is 3. The molecule has 0 bridgehead atoms. The molecule has 3 fully saturated rings. The summed E-state index contributed by atoms with van der Waals surface area (Å²) in [7, 11) is 0. The fraction of sp³-hybridized carbons (Fsp3) is 0.650. The third-order valence-corrected chi connectivity index (χ3v) is 6.15. The number of carbonyl (C=O) groups excluding carboxylic acids is 2. The van der Waals surface area contributed by atoms with Gasteiger partial charge in [-0.05, 0) is 51.2 Å². The molecule has 2 amide bonds. The molecule has 26 heavy (non-hydrogen) atoms. The average molecular weight is 357 g/mol. The van der Waals surface area contributed by atoms with Gasteiger partial charge < -0.3 is 14.5 Å². The highest BCUT2D eigenvalue weighted by atomic mass is 16.5. The number of piperidine rings is 1. The number of pyridine rings is 1. The van der Waals surface area contributed by atoms with Gasteiger partial charge in [-0.3, -0.25) is 14.6 Å². The van der Waals surface area contributed by atoms with Gasteiger partial charge in [0.05, 0.1) is 12.2 Å². The van der Waals surface area contributed by atoms with Gasteiger partial charge in [-0.15, -0.1) is 0 Å². The van der Waals surface area contributed by atoms with Crippen molar-refractivity contribution in [3.05, 3.63) is 29.6 Å². The fourth-order valence-electron chi connectivity index (χ4n) is 4.62. The number of likely N-dealkylation sites (tertiary alicyclic amines) is 2. The predicted molar refractivity (Wildman–Crippen MR) is 96.3 cm³/mol. The number of amides is 2. The van der Waals surface area contributed by atoms with E-state index in [-0.39, 0.29) is 23.5 Å². The second-order valence-corrected chi connectivity index (χ2v) is 7.80. The Morgan fingerprint density at radius 2 is 2.12 bits per heavy atom. The normalized spacial score (nSPS) is 25.3. The van der Waals surface area contributed by atoms with E-state index in [1.54, 1.807) is 0 Å². The van der Waals surface area contributed by atoms with Crippen LogP contribution in [0.25, 0.3) is 0 Å². The Bertz CT molecular complexity index is 691. The van der Waals surface area contributed by atoms with Gasteiger partial charge in [-0.1, -0.05) is 6.07 Å². The van der Waals surface area contributed by atoms with Crippen molar-refractivity contribution in [2.75, 3.05) is 19.7 Å². The maximum atomic E-state index is 12.6. The van der Waals surface area contributed by atoms with E-state index in [9.17, 15) is 9.59 Å². The lowest BCUT2D eigenvalue weighted by Gasteiger charge is -2.45. The van der Waals surface area contributed by atoms with Crippen molar-refractivity contribution in [2.24, 2.45) is 0 Å². The maximum absolute atomic E-state index is 12.6. The highest BCUT2D eigenvalue weighted by molar-refractivity contribution is 5.82. The number of hydrogen-bond donors (Lipinski definition) is 0. The van der Waals surface area contributed by atoms with E-state index in [1.807, 2.05) is 34.9 Å². The van der Waals surface area contributed by atoms with Gasteiger partial charge in [0.1, 0.15) is 6.10 Å². The lowest BCUT2D eigenvalue weighted by atomic mass is 9.84. The SMILES string of the molecule is Cc1cccc(CN2C(=O)CCC23CCN(C(=O)[C@H]2CCCO2)CC3)n1. The zero-order valence-corrected chi connectivity index (χ0v) is 15.4. The first-order valence-corrected chi connectivity index (χ1v) is 9.71. The van der Waals surface area contributed by atoms with E-state index in [2.05, 4.69) is 4.98 Å². The molecule has 0 aromatic carbocycles. The molecule has 3 aliphatic heterocycles. The summed E-state index contributed by atoms with van der Waals surface area (Å²) in [4.78, 5) is 33.7. The minimum Gasteiger partial charge on any atom is -0.368 e. The van der Waals surface area contributed by atoms with Crippen LogP contribution in [-0.4, -0.2) is 57.9 Å². The monoisotopic (exact) mass is 357 g/mol. The Hall–Kier alpha value is -1.95. The second-order valence-electron chi connectivity index (χ2n) is 7.80. The van der Waals surface area contributed by atoms with Gasteiger partial charge in [0.15, 0.2) is 0 Å². The van der Waals surface area contributed by atoms with E-state index in [1.165, 1.54) is 0 Å². The smallest absolute Gasteiger partial charge is 0.251 e. The summed E-state index contributed by atoms with van der Waals surface area (Å²) in [6.45, 7) is 4.66. The van der Waals surface area contributed by atoms with Gasteiger partial charge in [-0.25, -0.2) is 0 Å². The van der Waals surface area contributed by atoms with Crippen LogP contribution >= 0.6 is 0 Å². The van der Waals surface area contributed by atoms with Crippen LogP contribution in [0.3, 0.4) is 0 Å². The number of aromatic nitrogens is 1. The van der Waals surface area contributed by atoms with Crippen LogP contribution in [0.2, 0.25) is 0 Å². The van der Waals surface area contributed by atoms with E-state index in [4.69, 9.17) is 4.74 Å². The molecule has 6 nitrogen and oxygen atoms in total. The van der Waals surface area contributed by atoms with Crippen molar-refractivity contribution in [3.63, 3.8) is 0 Å². The fourth-order valence-corrected chi connectivity index (χ4v) is 4.62. The third kappa shape index (κ3) is 3.22. The Morgan fingerprint density at radius 3 is 2.81 bits per heavy atom. The molecule has 0 saturated carbocycles. The van der Waals surface area contributed by atoms with E-state index >= 15 is 0 Å². The van der Waals surface area contributed by atoms with E-state index < -0.39 is 0 Å². The summed E-state index contributed by atoms with van der Waals surface area (Å²) >= 11 is 0. The minimum atomic E-state index is -0.248. The number of ether oxygens (including phenoxy) is 1. The molecule has 4 heterocycles. The first-order chi connectivity index (χ1) is 12.6. The number of hydrogen-bond acceptors (Lipinski definition) is 4. The van der Waals surface area contributed by atoms with Crippen molar-refractivity contribution in [1.82, 2.24) is 14.8 Å². The number of carbonyl (C=O) groups is 2. The van der Waals surface area contributed by atoms with Gasteiger partial charge in [0.25, 0.3) is 5.91 Å². The number of nitrogens with zero attached hydrogens (tertiary/aromatic N) is 3. The summed E-state index contributed by atoms with van der Waals surface area (Å²) in [5.41, 5.74) is 1.80. The van der Waals surface area contributed by atoms with Gasteiger partial charge in [0.2, 0.25) is 5.91 Å². The lowest BCUT2D eigenvalue weighted by molar-refractivity contribution is -0.144. The lowest BCUT2D eigenvalue weighted by Crippen LogP contribution is -2.55.